The highest BCUT2D eigenvalue weighted by molar-refractivity contribution is 5.91. The molecule has 0 saturated heterocycles. The van der Waals surface area contributed by atoms with E-state index in [9.17, 15) is 4.79 Å². The van der Waals surface area contributed by atoms with Gasteiger partial charge in [-0.05, 0) is 17.6 Å². The summed E-state index contributed by atoms with van der Waals surface area (Å²) in [6.07, 6.45) is 6.80. The van der Waals surface area contributed by atoms with Gasteiger partial charge in [0.1, 0.15) is 0 Å². The van der Waals surface area contributed by atoms with Crippen LogP contribution in [-0.4, -0.2) is 26.9 Å². The summed E-state index contributed by atoms with van der Waals surface area (Å²) < 4.78 is 1.73. The van der Waals surface area contributed by atoms with Crippen molar-refractivity contribution >= 4 is 12.0 Å². The molecular formula is C16H20N4O. The number of amides is 1. The van der Waals surface area contributed by atoms with Crippen LogP contribution in [0.25, 0.3) is 6.08 Å². The van der Waals surface area contributed by atoms with Crippen LogP contribution < -0.4 is 5.32 Å². The Morgan fingerprint density at radius 1 is 1.33 bits per heavy atom. The lowest BCUT2D eigenvalue weighted by atomic mass is 10.0. The lowest BCUT2D eigenvalue weighted by Gasteiger charge is -2.21. The summed E-state index contributed by atoms with van der Waals surface area (Å²) in [4.78, 5) is 12.0. The molecule has 2 aromatic rings. The van der Waals surface area contributed by atoms with E-state index in [0.717, 1.165) is 5.56 Å². The van der Waals surface area contributed by atoms with Crippen LogP contribution >= 0.6 is 0 Å². The fourth-order valence-corrected chi connectivity index (χ4v) is 1.92. The normalized spacial score (nSPS) is 12.7. The largest absolute Gasteiger partial charge is 0.348 e. The maximum absolute atomic E-state index is 12.0. The Labute approximate surface area is 124 Å². The Hall–Kier alpha value is -2.43. The Bertz CT molecular complexity index is 576. The summed E-state index contributed by atoms with van der Waals surface area (Å²) in [6.45, 7) is 4.76. The lowest BCUT2D eigenvalue weighted by Crippen LogP contribution is -2.40. The van der Waals surface area contributed by atoms with Crippen molar-refractivity contribution in [2.75, 3.05) is 0 Å². The monoisotopic (exact) mass is 284 g/mol. The number of hydrogen-bond donors (Lipinski definition) is 1. The predicted octanol–water partition coefficient (Wildman–Crippen LogP) is 2.13. The molecular weight excluding hydrogens is 264 g/mol. The van der Waals surface area contributed by atoms with Gasteiger partial charge in [0.05, 0.1) is 18.8 Å². The summed E-state index contributed by atoms with van der Waals surface area (Å²) in [5, 5.41) is 10.7. The molecule has 21 heavy (non-hydrogen) atoms. The number of nitrogens with one attached hydrogen (secondary N) is 1. The standard InChI is InChI=1S/C16H20N4O/c1-13(2)15(12-20-11-10-17-19-20)18-16(21)9-8-14-6-4-3-5-7-14/h3-11,13,15H,12H2,1-2H3,(H,18,21). The third-order valence-corrected chi connectivity index (χ3v) is 3.21. The topological polar surface area (TPSA) is 59.8 Å². The molecule has 1 N–H and O–H groups in total. The Morgan fingerprint density at radius 2 is 2.10 bits per heavy atom. The highest BCUT2D eigenvalue weighted by atomic mass is 16.1. The Balaban J connectivity index is 1.93. The van der Waals surface area contributed by atoms with E-state index >= 15 is 0 Å². The molecule has 1 amide bonds. The van der Waals surface area contributed by atoms with Crippen molar-refractivity contribution in [3.63, 3.8) is 0 Å². The zero-order valence-corrected chi connectivity index (χ0v) is 12.3. The molecule has 1 atom stereocenters. The van der Waals surface area contributed by atoms with E-state index in [1.54, 1.807) is 23.2 Å². The zero-order chi connectivity index (χ0) is 15.1. The van der Waals surface area contributed by atoms with Crippen molar-refractivity contribution in [2.24, 2.45) is 5.92 Å². The van der Waals surface area contributed by atoms with Gasteiger partial charge in [-0.15, -0.1) is 5.10 Å². The van der Waals surface area contributed by atoms with E-state index in [4.69, 9.17) is 0 Å². The molecule has 0 aliphatic rings. The molecule has 5 nitrogen and oxygen atoms in total. The summed E-state index contributed by atoms with van der Waals surface area (Å²) >= 11 is 0. The molecule has 0 fully saturated rings. The minimum absolute atomic E-state index is 0.0135. The molecule has 110 valence electrons. The van der Waals surface area contributed by atoms with Crippen LogP contribution in [0.1, 0.15) is 19.4 Å². The summed E-state index contributed by atoms with van der Waals surface area (Å²) in [5.74, 6) is 0.209. The molecule has 0 aliphatic heterocycles. The average molecular weight is 284 g/mol. The van der Waals surface area contributed by atoms with Crippen molar-refractivity contribution in [2.45, 2.75) is 26.4 Å². The van der Waals surface area contributed by atoms with Crippen LogP contribution in [0.4, 0.5) is 0 Å². The fourth-order valence-electron chi connectivity index (χ4n) is 1.92. The molecule has 1 heterocycles. The predicted molar refractivity (Wildman–Crippen MR) is 82.3 cm³/mol. The third kappa shape index (κ3) is 4.87. The van der Waals surface area contributed by atoms with Crippen molar-refractivity contribution in [3.8, 4) is 0 Å². The minimum atomic E-state index is -0.0994. The Kier molecular flexibility index (Phi) is 5.26. The van der Waals surface area contributed by atoms with Crippen LogP contribution in [0.3, 0.4) is 0 Å². The van der Waals surface area contributed by atoms with Crippen molar-refractivity contribution in [3.05, 3.63) is 54.4 Å². The van der Waals surface area contributed by atoms with E-state index < -0.39 is 0 Å². The smallest absolute Gasteiger partial charge is 0.244 e. The summed E-state index contributed by atoms with van der Waals surface area (Å²) in [6, 6.07) is 9.76. The number of carbonyl (C=O) groups excluding carboxylic acids is 1. The van der Waals surface area contributed by atoms with Crippen LogP contribution in [0.2, 0.25) is 0 Å². The highest BCUT2D eigenvalue weighted by Gasteiger charge is 2.15. The van der Waals surface area contributed by atoms with Gasteiger partial charge < -0.3 is 5.32 Å². The second-order valence-corrected chi connectivity index (χ2v) is 5.23. The first kappa shape index (κ1) is 15.0. The van der Waals surface area contributed by atoms with Crippen LogP contribution in [0.5, 0.6) is 0 Å². The number of carbonyl (C=O) groups is 1. The fraction of sp³-hybridized carbons (Fsp3) is 0.312. The van der Waals surface area contributed by atoms with E-state index in [-0.39, 0.29) is 11.9 Å². The van der Waals surface area contributed by atoms with Gasteiger partial charge in [0.15, 0.2) is 0 Å². The highest BCUT2D eigenvalue weighted by Crippen LogP contribution is 2.05. The molecule has 2 rings (SSSR count). The number of aromatic nitrogens is 3. The lowest BCUT2D eigenvalue weighted by molar-refractivity contribution is -0.117. The van der Waals surface area contributed by atoms with E-state index in [0.29, 0.717) is 12.5 Å². The SMILES string of the molecule is CC(C)C(Cn1ccnn1)NC(=O)C=Cc1ccccc1. The van der Waals surface area contributed by atoms with Crippen LogP contribution in [-0.2, 0) is 11.3 Å². The molecule has 0 bridgehead atoms. The zero-order valence-electron chi connectivity index (χ0n) is 12.3. The van der Waals surface area contributed by atoms with Gasteiger partial charge in [-0.1, -0.05) is 49.4 Å². The van der Waals surface area contributed by atoms with Crippen molar-refractivity contribution in [1.29, 1.82) is 0 Å². The second kappa shape index (κ2) is 7.38. The number of hydrogen-bond acceptors (Lipinski definition) is 3. The van der Waals surface area contributed by atoms with Gasteiger partial charge in [-0.2, -0.15) is 0 Å². The first-order valence-corrected chi connectivity index (χ1v) is 7.03. The molecule has 1 aromatic carbocycles. The van der Waals surface area contributed by atoms with Gasteiger partial charge in [0.2, 0.25) is 5.91 Å². The minimum Gasteiger partial charge on any atom is -0.348 e. The maximum Gasteiger partial charge on any atom is 0.244 e. The summed E-state index contributed by atoms with van der Waals surface area (Å²) in [5.41, 5.74) is 1.00. The molecule has 0 spiro atoms. The third-order valence-electron chi connectivity index (χ3n) is 3.21. The van der Waals surface area contributed by atoms with Gasteiger partial charge in [0, 0.05) is 12.3 Å². The number of rotatable bonds is 6. The van der Waals surface area contributed by atoms with Crippen molar-refractivity contribution < 1.29 is 4.79 Å². The van der Waals surface area contributed by atoms with Crippen LogP contribution in [0.15, 0.2) is 48.8 Å². The van der Waals surface area contributed by atoms with Crippen molar-refractivity contribution in [1.82, 2.24) is 20.3 Å². The second-order valence-electron chi connectivity index (χ2n) is 5.23. The first-order valence-electron chi connectivity index (χ1n) is 7.03. The van der Waals surface area contributed by atoms with Gasteiger partial charge in [-0.25, -0.2) is 0 Å². The quantitative estimate of drug-likeness (QED) is 0.827. The molecule has 5 heteroatoms. The van der Waals surface area contributed by atoms with Gasteiger partial charge >= 0.3 is 0 Å². The molecule has 1 unspecified atom stereocenters. The molecule has 0 saturated carbocycles. The van der Waals surface area contributed by atoms with E-state index in [1.165, 1.54) is 0 Å². The van der Waals surface area contributed by atoms with E-state index in [1.807, 2.05) is 36.4 Å². The first-order chi connectivity index (χ1) is 10.1. The van der Waals surface area contributed by atoms with Crippen LogP contribution in [0, 0.1) is 5.92 Å². The number of benzene rings is 1. The molecule has 0 radical (unpaired) electrons. The number of nitrogens with zero attached hydrogens (tertiary/aromatic N) is 3. The Morgan fingerprint density at radius 3 is 2.71 bits per heavy atom. The van der Waals surface area contributed by atoms with Gasteiger partial charge in [0.25, 0.3) is 0 Å². The van der Waals surface area contributed by atoms with Gasteiger partial charge in [-0.3, -0.25) is 9.48 Å². The summed E-state index contributed by atoms with van der Waals surface area (Å²) in [7, 11) is 0. The average Bonchev–Trinajstić information content (AvgIpc) is 2.98. The van der Waals surface area contributed by atoms with E-state index in [2.05, 4.69) is 29.5 Å². The molecule has 1 aromatic heterocycles. The maximum atomic E-state index is 12.0. The molecule has 0 aliphatic carbocycles.